The number of hydrogen-bond acceptors (Lipinski definition) is 7. The van der Waals surface area contributed by atoms with Crippen molar-refractivity contribution in [3.05, 3.63) is 76.7 Å². The number of amides is 2. The number of hydrogen-bond donors (Lipinski definition) is 2. The number of primary amides is 1. The topological polar surface area (TPSA) is 111 Å². The monoisotopic (exact) mass is 639 g/mol. The van der Waals surface area contributed by atoms with Gasteiger partial charge in [-0.05, 0) is 74.2 Å². The van der Waals surface area contributed by atoms with Gasteiger partial charge >= 0.3 is 6.03 Å². The van der Waals surface area contributed by atoms with E-state index in [1.165, 1.54) is 43.3 Å². The molecule has 2 heterocycles. The molecule has 1 aromatic heterocycles. The molecule has 238 valence electrons. The Labute approximate surface area is 265 Å². The van der Waals surface area contributed by atoms with Crippen molar-refractivity contribution < 1.29 is 27.8 Å². The molecule has 3 N–H and O–H groups in total. The average Bonchev–Trinajstić information content (AvgIpc) is 3.02. The Bertz CT molecular complexity index is 1640. The van der Waals surface area contributed by atoms with Crippen molar-refractivity contribution in [2.24, 2.45) is 16.8 Å². The van der Waals surface area contributed by atoms with Gasteiger partial charge in [0.1, 0.15) is 5.75 Å². The average molecular weight is 640 g/mol. The van der Waals surface area contributed by atoms with E-state index in [1.807, 2.05) is 5.43 Å². The van der Waals surface area contributed by atoms with E-state index in [4.69, 9.17) is 31.5 Å². The van der Waals surface area contributed by atoms with Gasteiger partial charge in [0.2, 0.25) is 0 Å². The Hall–Kier alpha value is -4.22. The summed E-state index contributed by atoms with van der Waals surface area (Å²) < 4.78 is 48.8. The Kier molecular flexibility index (Phi) is 10.2. The number of hydrazone groups is 1. The summed E-state index contributed by atoms with van der Waals surface area (Å²) in [6.07, 6.45) is 8.60. The van der Waals surface area contributed by atoms with E-state index in [1.54, 1.807) is 31.5 Å². The number of pyridine rings is 1. The van der Waals surface area contributed by atoms with Crippen LogP contribution in [-0.2, 0) is 5.67 Å². The molecule has 2 amide bonds. The summed E-state index contributed by atoms with van der Waals surface area (Å²) in [6.45, 7) is 6.08. The van der Waals surface area contributed by atoms with E-state index >= 15 is 8.78 Å². The summed E-state index contributed by atoms with van der Waals surface area (Å²) in [7, 11) is 1.56. The lowest BCUT2D eigenvalue weighted by Gasteiger charge is -2.30. The number of alkyl halides is 1. The number of carbonyl (C=O) groups is 1. The molecular formula is C33H36ClF2N5O4. The Morgan fingerprint density at radius 1 is 1.20 bits per heavy atom. The highest BCUT2D eigenvalue weighted by molar-refractivity contribution is 6.31. The van der Waals surface area contributed by atoms with E-state index in [2.05, 4.69) is 21.9 Å². The molecule has 2 aromatic carbocycles. The van der Waals surface area contributed by atoms with Crippen LogP contribution >= 0.6 is 11.6 Å². The predicted molar refractivity (Wildman–Crippen MR) is 170 cm³/mol. The summed E-state index contributed by atoms with van der Waals surface area (Å²) in [5.41, 5.74) is 6.00. The van der Waals surface area contributed by atoms with Crippen LogP contribution in [-0.4, -0.2) is 55.5 Å². The molecule has 0 spiro atoms. The third-order valence-corrected chi connectivity index (χ3v) is 8.35. The third-order valence-electron chi connectivity index (χ3n) is 8.00. The van der Waals surface area contributed by atoms with Crippen LogP contribution in [0.1, 0.15) is 38.2 Å². The maximum atomic E-state index is 15.9. The fraction of sp³-hybridized carbons (Fsp3) is 0.364. The van der Waals surface area contributed by atoms with Crippen LogP contribution in [0.25, 0.3) is 10.9 Å². The molecule has 2 aliphatic rings. The van der Waals surface area contributed by atoms with Gasteiger partial charge in [-0.2, -0.15) is 5.10 Å². The van der Waals surface area contributed by atoms with Gasteiger partial charge in [-0.3, -0.25) is 4.98 Å². The second-order valence-corrected chi connectivity index (χ2v) is 11.7. The number of nitrogens with two attached hydrogens (primary N) is 1. The van der Waals surface area contributed by atoms with Crippen molar-refractivity contribution in [3.63, 3.8) is 0 Å². The number of urea groups is 1. The van der Waals surface area contributed by atoms with Crippen LogP contribution in [0.2, 0.25) is 0 Å². The van der Waals surface area contributed by atoms with Gasteiger partial charge in [-0.15, -0.1) is 0 Å². The molecular weight excluding hydrogens is 604 g/mol. The largest absolute Gasteiger partial charge is 0.493 e. The summed E-state index contributed by atoms with van der Waals surface area (Å²) in [4.78, 5) is 17.7. The van der Waals surface area contributed by atoms with Gasteiger partial charge in [-0.1, -0.05) is 30.7 Å². The maximum absolute atomic E-state index is 15.9. The number of halogens is 3. The zero-order valence-corrected chi connectivity index (χ0v) is 25.9. The Morgan fingerprint density at radius 3 is 2.71 bits per heavy atom. The molecule has 1 atom stereocenters. The smallest absolute Gasteiger partial charge is 0.332 e. The molecule has 1 unspecified atom stereocenters. The highest BCUT2D eigenvalue weighted by Crippen LogP contribution is 2.42. The first kappa shape index (κ1) is 32.2. The second kappa shape index (κ2) is 14.3. The summed E-state index contributed by atoms with van der Waals surface area (Å²) in [6, 6.07) is 8.21. The van der Waals surface area contributed by atoms with Crippen LogP contribution in [0.3, 0.4) is 0 Å². The lowest BCUT2D eigenvalue weighted by Crippen LogP contribution is -2.34. The molecule has 0 radical (unpaired) electrons. The first-order valence-electron chi connectivity index (χ1n) is 14.8. The molecule has 12 heteroatoms. The lowest BCUT2D eigenvalue weighted by molar-refractivity contribution is 0.176. The van der Waals surface area contributed by atoms with Crippen LogP contribution in [0.5, 0.6) is 23.0 Å². The molecule has 0 saturated carbocycles. The number of piperidine rings is 1. The minimum Gasteiger partial charge on any atom is -0.493 e. The SMILES string of the molecule is COc1cc2c(Oc3ccc(C4(F)C=CC(C=NNC(N)=O)=C(Cl)C4)cc3F)ccnc2cc1OCCCN1CCC(C)CC1. The standard InChI is InChI=1S/C33H36ClF2N5O4/c1-21-8-13-41(14-9-21)12-3-15-44-31-18-27-24(17-30(31)43-2)28(7-11-38-27)45-29-5-4-23(16-26(29)35)33(36)10-6-22(25(34)19-33)20-39-40-32(37)42/h4-7,10-11,16-18,20-21H,3,8-9,12-15,19H2,1-2H3,(H3,37,40,42). The van der Waals surface area contributed by atoms with E-state index in [9.17, 15) is 4.79 Å². The molecule has 1 aliphatic carbocycles. The maximum Gasteiger partial charge on any atom is 0.332 e. The number of benzene rings is 2. The van der Waals surface area contributed by atoms with Crippen molar-refractivity contribution in [3.8, 4) is 23.0 Å². The van der Waals surface area contributed by atoms with Crippen LogP contribution in [0.15, 0.2) is 70.5 Å². The van der Waals surface area contributed by atoms with Crippen molar-refractivity contribution in [1.82, 2.24) is 15.3 Å². The highest BCUT2D eigenvalue weighted by atomic mass is 35.5. The van der Waals surface area contributed by atoms with Crippen LogP contribution in [0.4, 0.5) is 13.6 Å². The van der Waals surface area contributed by atoms with Crippen molar-refractivity contribution in [2.45, 2.75) is 38.3 Å². The fourth-order valence-electron chi connectivity index (χ4n) is 5.38. The lowest BCUT2D eigenvalue weighted by atomic mass is 9.87. The van der Waals surface area contributed by atoms with Gasteiger partial charge in [0.25, 0.3) is 0 Å². The Morgan fingerprint density at radius 2 is 2.00 bits per heavy atom. The Balaban J connectivity index is 1.27. The zero-order valence-electron chi connectivity index (χ0n) is 25.2. The van der Waals surface area contributed by atoms with Gasteiger partial charge < -0.3 is 24.8 Å². The molecule has 3 aromatic rings. The second-order valence-electron chi connectivity index (χ2n) is 11.3. The zero-order chi connectivity index (χ0) is 32.0. The number of fused-ring (bicyclic) bond motifs is 1. The number of nitrogens with zero attached hydrogens (tertiary/aromatic N) is 3. The minimum atomic E-state index is -2.07. The quantitative estimate of drug-likeness (QED) is 0.133. The first-order valence-corrected chi connectivity index (χ1v) is 15.2. The first-order chi connectivity index (χ1) is 21.6. The van der Waals surface area contributed by atoms with E-state index in [0.29, 0.717) is 40.3 Å². The summed E-state index contributed by atoms with van der Waals surface area (Å²) in [5, 5.41) is 4.38. The molecule has 45 heavy (non-hydrogen) atoms. The number of aromatic nitrogens is 1. The molecule has 1 saturated heterocycles. The summed E-state index contributed by atoms with van der Waals surface area (Å²) >= 11 is 6.28. The number of allylic oxidation sites excluding steroid dienone is 4. The minimum absolute atomic E-state index is 0.0610. The van der Waals surface area contributed by atoms with Crippen molar-refractivity contribution in [1.29, 1.82) is 0 Å². The van der Waals surface area contributed by atoms with Gasteiger partial charge in [0.05, 0.1) is 25.4 Å². The number of nitrogens with one attached hydrogen (secondary N) is 1. The van der Waals surface area contributed by atoms with Gasteiger partial charge in [-0.25, -0.2) is 19.0 Å². The van der Waals surface area contributed by atoms with Crippen molar-refractivity contribution in [2.75, 3.05) is 33.4 Å². The number of carbonyl (C=O) groups excluding carboxylic acids is 1. The molecule has 9 nitrogen and oxygen atoms in total. The number of methoxy groups -OCH3 is 1. The van der Waals surface area contributed by atoms with E-state index in [0.717, 1.165) is 38.0 Å². The van der Waals surface area contributed by atoms with Crippen LogP contribution < -0.4 is 25.4 Å². The van der Waals surface area contributed by atoms with Crippen molar-refractivity contribution >= 4 is 34.7 Å². The van der Waals surface area contributed by atoms with E-state index in [-0.39, 0.29) is 22.8 Å². The molecule has 0 bridgehead atoms. The predicted octanol–water partition coefficient (Wildman–Crippen LogP) is 6.95. The molecule has 1 aliphatic heterocycles. The third kappa shape index (κ3) is 7.90. The molecule has 1 fully saturated rings. The van der Waals surface area contributed by atoms with Crippen LogP contribution in [0, 0.1) is 11.7 Å². The van der Waals surface area contributed by atoms with Gasteiger partial charge in [0, 0.05) is 41.2 Å². The van der Waals surface area contributed by atoms with E-state index < -0.39 is 17.5 Å². The van der Waals surface area contributed by atoms with Gasteiger partial charge in [0.15, 0.2) is 28.7 Å². The fourth-order valence-corrected chi connectivity index (χ4v) is 5.69. The number of ether oxygens (including phenoxy) is 3. The highest BCUT2D eigenvalue weighted by Gasteiger charge is 2.34. The normalized spacial score (nSPS) is 19.3. The summed E-state index contributed by atoms with van der Waals surface area (Å²) in [5.74, 6) is 1.38. The molecule has 5 rings (SSSR count). The number of likely N-dealkylation sites (tertiary alicyclic amines) is 1. The number of rotatable bonds is 11.